The van der Waals surface area contributed by atoms with Crippen molar-refractivity contribution in [3.8, 4) is 0 Å². The molecule has 1 fully saturated rings. The Morgan fingerprint density at radius 1 is 1.50 bits per heavy atom. The predicted molar refractivity (Wildman–Crippen MR) is 79.1 cm³/mol. The Hall–Kier alpha value is -0.580. The molecule has 100 valence electrons. The second kappa shape index (κ2) is 7.77. The highest BCUT2D eigenvalue weighted by atomic mass is 79.9. The van der Waals surface area contributed by atoms with E-state index >= 15 is 0 Å². The molecule has 1 saturated heterocycles. The van der Waals surface area contributed by atoms with Crippen LogP contribution in [0.2, 0.25) is 0 Å². The summed E-state index contributed by atoms with van der Waals surface area (Å²) < 4.78 is 1.02. The van der Waals surface area contributed by atoms with Crippen molar-refractivity contribution in [3.63, 3.8) is 0 Å². The fraction of sp³-hybridized carbons (Fsp3) is 0.462. The summed E-state index contributed by atoms with van der Waals surface area (Å²) in [5.41, 5.74) is 1.04. The van der Waals surface area contributed by atoms with Crippen LogP contribution in [0.4, 0.5) is 0 Å². The Morgan fingerprint density at radius 3 is 3.00 bits per heavy atom. The van der Waals surface area contributed by atoms with Crippen LogP contribution in [0.1, 0.15) is 12.0 Å². The Bertz CT molecular complexity index is 394. The zero-order valence-electron chi connectivity index (χ0n) is 10.1. The van der Waals surface area contributed by atoms with Crippen molar-refractivity contribution in [1.82, 2.24) is 10.6 Å². The minimum Gasteiger partial charge on any atom is -0.355 e. The average Bonchev–Trinajstić information content (AvgIpc) is 2.79. The first kappa shape index (κ1) is 15.5. The summed E-state index contributed by atoms with van der Waals surface area (Å²) in [5.74, 6) is 0.705. The number of carbonyl (C=O) groups excluding carboxylic acids is 1. The lowest BCUT2D eigenvalue weighted by atomic mass is 10.1. The van der Waals surface area contributed by atoms with Crippen molar-refractivity contribution < 1.29 is 4.79 Å². The van der Waals surface area contributed by atoms with Crippen LogP contribution in [0.25, 0.3) is 0 Å². The average molecular weight is 334 g/mol. The minimum atomic E-state index is 0. The molecular formula is C13H18BrClN2O. The molecular weight excluding hydrogens is 316 g/mol. The lowest BCUT2D eigenvalue weighted by molar-refractivity contribution is -0.120. The summed E-state index contributed by atoms with van der Waals surface area (Å²) in [5, 5.41) is 6.29. The molecule has 3 nitrogen and oxygen atoms in total. The lowest BCUT2D eigenvalue weighted by Crippen LogP contribution is -2.31. The monoisotopic (exact) mass is 332 g/mol. The molecule has 1 atom stereocenters. The van der Waals surface area contributed by atoms with E-state index in [1.54, 1.807) is 0 Å². The molecule has 1 heterocycles. The number of halogens is 2. The third kappa shape index (κ3) is 4.96. The molecule has 0 spiro atoms. The van der Waals surface area contributed by atoms with E-state index in [0.717, 1.165) is 36.1 Å². The van der Waals surface area contributed by atoms with Gasteiger partial charge >= 0.3 is 0 Å². The summed E-state index contributed by atoms with van der Waals surface area (Å²) in [6.45, 7) is 2.89. The zero-order chi connectivity index (χ0) is 12.1. The summed E-state index contributed by atoms with van der Waals surface area (Å²) >= 11 is 3.40. The molecule has 1 aromatic carbocycles. The van der Waals surface area contributed by atoms with Crippen LogP contribution in [0, 0.1) is 5.92 Å². The number of hydrogen-bond donors (Lipinski definition) is 2. The highest BCUT2D eigenvalue weighted by Gasteiger charge is 2.15. The van der Waals surface area contributed by atoms with Crippen molar-refractivity contribution in [2.24, 2.45) is 5.92 Å². The van der Waals surface area contributed by atoms with Gasteiger partial charge in [-0.3, -0.25) is 4.79 Å². The highest BCUT2D eigenvalue weighted by Crippen LogP contribution is 2.12. The summed E-state index contributed by atoms with van der Waals surface area (Å²) in [4.78, 5) is 11.7. The standard InChI is InChI=1S/C13H17BrN2O.ClH/c14-12-3-1-2-10(6-12)7-13(17)16-9-11-4-5-15-8-11;/h1-3,6,11,15H,4-5,7-9H2,(H,16,17);1H. The molecule has 1 unspecified atom stereocenters. The smallest absolute Gasteiger partial charge is 0.224 e. The Labute approximate surface area is 122 Å². The fourth-order valence-corrected chi connectivity index (χ4v) is 2.49. The maximum atomic E-state index is 11.7. The van der Waals surface area contributed by atoms with E-state index in [0.29, 0.717) is 12.3 Å². The van der Waals surface area contributed by atoms with Gasteiger partial charge in [0.15, 0.2) is 0 Å². The largest absolute Gasteiger partial charge is 0.355 e. The van der Waals surface area contributed by atoms with Crippen molar-refractivity contribution in [3.05, 3.63) is 34.3 Å². The van der Waals surface area contributed by atoms with Crippen molar-refractivity contribution in [1.29, 1.82) is 0 Å². The zero-order valence-corrected chi connectivity index (χ0v) is 12.5. The lowest BCUT2D eigenvalue weighted by Gasteiger charge is -2.10. The third-order valence-electron chi connectivity index (χ3n) is 3.00. The number of amides is 1. The van der Waals surface area contributed by atoms with Crippen LogP contribution < -0.4 is 10.6 Å². The number of hydrogen-bond acceptors (Lipinski definition) is 2. The summed E-state index contributed by atoms with van der Waals surface area (Å²) in [6, 6.07) is 7.87. The second-order valence-electron chi connectivity index (χ2n) is 4.47. The molecule has 2 N–H and O–H groups in total. The molecule has 1 aliphatic rings. The SMILES string of the molecule is Cl.O=C(Cc1cccc(Br)c1)NCC1CCNC1. The quantitative estimate of drug-likeness (QED) is 0.886. The minimum absolute atomic E-state index is 0. The molecule has 5 heteroatoms. The maximum Gasteiger partial charge on any atom is 0.224 e. The van der Waals surface area contributed by atoms with Crippen molar-refractivity contribution >= 4 is 34.2 Å². The van der Waals surface area contributed by atoms with Crippen LogP contribution in [-0.4, -0.2) is 25.5 Å². The van der Waals surface area contributed by atoms with Gasteiger partial charge in [-0.25, -0.2) is 0 Å². The van der Waals surface area contributed by atoms with Crippen LogP contribution in [-0.2, 0) is 11.2 Å². The van der Waals surface area contributed by atoms with Crippen molar-refractivity contribution in [2.45, 2.75) is 12.8 Å². The first-order valence-electron chi connectivity index (χ1n) is 5.96. The van der Waals surface area contributed by atoms with Crippen LogP contribution in [0.15, 0.2) is 28.7 Å². The van der Waals surface area contributed by atoms with E-state index in [-0.39, 0.29) is 18.3 Å². The van der Waals surface area contributed by atoms with E-state index in [1.165, 1.54) is 0 Å². The first-order chi connectivity index (χ1) is 8.24. The second-order valence-corrected chi connectivity index (χ2v) is 5.39. The van der Waals surface area contributed by atoms with Gasteiger partial charge in [0.25, 0.3) is 0 Å². The normalized spacial score (nSPS) is 18.2. The summed E-state index contributed by atoms with van der Waals surface area (Å²) in [6.07, 6.45) is 1.62. The Morgan fingerprint density at radius 2 is 2.33 bits per heavy atom. The molecule has 1 aromatic rings. The number of carbonyl (C=O) groups is 1. The molecule has 0 aliphatic carbocycles. The molecule has 2 rings (SSSR count). The van der Waals surface area contributed by atoms with E-state index in [2.05, 4.69) is 26.6 Å². The topological polar surface area (TPSA) is 41.1 Å². The number of rotatable bonds is 4. The van der Waals surface area contributed by atoms with E-state index in [9.17, 15) is 4.79 Å². The number of benzene rings is 1. The number of nitrogens with one attached hydrogen (secondary N) is 2. The molecule has 0 aromatic heterocycles. The molecule has 0 saturated carbocycles. The fourth-order valence-electron chi connectivity index (χ4n) is 2.04. The summed E-state index contributed by atoms with van der Waals surface area (Å²) in [7, 11) is 0. The van der Waals surface area contributed by atoms with Crippen LogP contribution >= 0.6 is 28.3 Å². The van der Waals surface area contributed by atoms with Gasteiger partial charge in [0, 0.05) is 11.0 Å². The van der Waals surface area contributed by atoms with Gasteiger partial charge < -0.3 is 10.6 Å². The van der Waals surface area contributed by atoms with Gasteiger partial charge in [-0.1, -0.05) is 28.1 Å². The molecule has 1 amide bonds. The van der Waals surface area contributed by atoms with E-state index < -0.39 is 0 Å². The van der Waals surface area contributed by atoms with Crippen molar-refractivity contribution in [2.75, 3.05) is 19.6 Å². The van der Waals surface area contributed by atoms with Gasteiger partial charge in [0.05, 0.1) is 6.42 Å². The van der Waals surface area contributed by atoms with E-state index in [1.807, 2.05) is 24.3 Å². The van der Waals surface area contributed by atoms with Crippen LogP contribution in [0.3, 0.4) is 0 Å². The Balaban J connectivity index is 0.00000162. The van der Waals surface area contributed by atoms with Gasteiger partial charge in [-0.2, -0.15) is 0 Å². The van der Waals surface area contributed by atoms with Gasteiger partial charge in [-0.15, -0.1) is 12.4 Å². The molecule has 0 radical (unpaired) electrons. The highest BCUT2D eigenvalue weighted by molar-refractivity contribution is 9.10. The van der Waals surface area contributed by atoms with E-state index in [4.69, 9.17) is 0 Å². The third-order valence-corrected chi connectivity index (χ3v) is 3.50. The Kier molecular flexibility index (Phi) is 6.68. The van der Waals surface area contributed by atoms with Crippen LogP contribution in [0.5, 0.6) is 0 Å². The maximum absolute atomic E-state index is 11.7. The van der Waals surface area contributed by atoms with Gasteiger partial charge in [0.1, 0.15) is 0 Å². The molecule has 0 bridgehead atoms. The molecule has 1 aliphatic heterocycles. The molecule has 18 heavy (non-hydrogen) atoms. The van der Waals surface area contributed by atoms with Gasteiger partial charge in [0.2, 0.25) is 5.91 Å². The predicted octanol–water partition coefficient (Wildman–Crippen LogP) is 2.14. The van der Waals surface area contributed by atoms with Gasteiger partial charge in [-0.05, 0) is 43.1 Å². The first-order valence-corrected chi connectivity index (χ1v) is 6.75.